The molecule has 0 bridgehead atoms. The third-order valence-corrected chi connectivity index (χ3v) is 32.4. The number of nitriles is 2. The summed E-state index contributed by atoms with van der Waals surface area (Å²) in [5.41, 5.74) is 1.65. The third-order valence-electron chi connectivity index (χ3n) is 19.8. The third kappa shape index (κ3) is 18.0. The van der Waals surface area contributed by atoms with Crippen molar-refractivity contribution in [2.45, 2.75) is 199 Å². The summed E-state index contributed by atoms with van der Waals surface area (Å²) < 4.78 is 79.5. The van der Waals surface area contributed by atoms with Gasteiger partial charge in [0.05, 0.1) is 81.7 Å². The highest BCUT2D eigenvalue weighted by Gasteiger charge is 2.57. The standard InChI is InChI=1S/C74H99N15O12P2Si2/c1-48(2)66(90)83-71-82-65-60(68(92)84-71)80-47-88(65)69-61(100-104(13,14)72(7,8)9)57(85-74(52-33-23-18-24-34-52,53-35-25-19-26-36-53)54-37-27-20-28-38-54)56(99-69)44-97-103(93,96-42-30-40-76)86-58-55(43-95-102(94-41-29-39-75)89(49(3)4)50(5)6)98-70(62(58)101-105(15,16)73(10,11)12)87-46-79-59-63(77-45-78-64(59)87)81-67(91)51-31-21-17-22-32-51/h17-28,31-38,45-50,55-58,61-62,69-70,85H,29-30,41-44H2,1-16H3,(H,86,93)(H,77,78,81,91)(H2,82,83,84,90,92)/t55-,56-,57-,58-,61-,62-,69-,70-,102?,103?/m1/s1. The molecular formula is C74H99N15O12P2Si2. The van der Waals surface area contributed by atoms with E-state index in [1.54, 1.807) is 47.2 Å². The minimum absolute atomic E-state index is 0.0397. The van der Waals surface area contributed by atoms with E-state index in [4.69, 9.17) is 51.4 Å². The van der Waals surface area contributed by atoms with Crippen LogP contribution in [-0.2, 0) is 51.3 Å². The minimum atomic E-state index is -4.88. The average molecular weight is 1510 g/mol. The molecule has 2 unspecified atom stereocenters. The van der Waals surface area contributed by atoms with Crippen LogP contribution in [0.3, 0.4) is 0 Å². The van der Waals surface area contributed by atoms with Gasteiger partial charge in [-0.25, -0.2) is 34.3 Å². The average Bonchev–Trinajstić information content (AvgIpc) is 1.68. The molecule has 2 saturated heterocycles. The molecular weight excluding hydrogens is 1410 g/mol. The Labute approximate surface area is 617 Å². The number of aromatic amines is 1. The first-order valence-electron chi connectivity index (χ1n) is 35.5. The number of amides is 2. The lowest BCUT2D eigenvalue weighted by Crippen LogP contribution is -2.59. The van der Waals surface area contributed by atoms with Crippen LogP contribution in [-0.4, -0.2) is 147 Å². The molecule has 2 fully saturated rings. The number of benzene rings is 4. The van der Waals surface area contributed by atoms with Crippen molar-refractivity contribution in [1.82, 2.24) is 54.1 Å². The SMILES string of the molecule is CC(C)C(=O)Nc1nc2c(ncn2[C@@H]2O[C@H](COP(=O)(N[C@H]3[C@@H](O[Si](C)(C)C(C)(C)C)[C@H](n4cnc5c(NC(=O)c6ccccc6)ncnc54)O[C@@H]3COP(OCCC#N)N(C(C)C)C(C)C)OCCC#N)[C@@H](NC(c3ccccc3)(c3ccccc3)c3ccccc3)[C@H]2O[Si](C)(C)C(C)(C)C)c(=O)[nH]1. The van der Waals surface area contributed by atoms with Gasteiger partial charge in [-0.05, 0) is 92.8 Å². The van der Waals surface area contributed by atoms with Crippen LogP contribution in [0.5, 0.6) is 0 Å². The van der Waals surface area contributed by atoms with E-state index in [1.165, 1.54) is 19.0 Å². The number of nitrogens with one attached hydrogen (secondary N) is 5. The second-order valence-corrected chi connectivity index (χ2v) is 42.9. The van der Waals surface area contributed by atoms with Crippen molar-refractivity contribution >= 4 is 78.8 Å². The highest BCUT2D eigenvalue weighted by molar-refractivity contribution is 7.51. The number of aromatic nitrogens is 8. The zero-order chi connectivity index (χ0) is 75.8. The van der Waals surface area contributed by atoms with Gasteiger partial charge in [0.2, 0.25) is 11.9 Å². The normalized spacial score (nSPS) is 20.6. The first-order chi connectivity index (χ1) is 49.8. The summed E-state index contributed by atoms with van der Waals surface area (Å²) in [7, 11) is -12.7. The zero-order valence-corrected chi connectivity index (χ0v) is 66.4. The Kier molecular flexibility index (Phi) is 25.6. The lowest BCUT2D eigenvalue weighted by Gasteiger charge is -2.44. The van der Waals surface area contributed by atoms with Gasteiger partial charge >= 0.3 is 7.75 Å². The number of carbonyl (C=O) groups excluding carboxylic acids is 2. The van der Waals surface area contributed by atoms with E-state index in [1.807, 2.05) is 88.4 Å². The van der Waals surface area contributed by atoms with Crippen LogP contribution in [0.25, 0.3) is 22.3 Å². The van der Waals surface area contributed by atoms with Crippen LogP contribution in [0.15, 0.2) is 145 Å². The van der Waals surface area contributed by atoms with E-state index in [-0.39, 0.29) is 84.7 Å². The molecule has 4 aromatic heterocycles. The topological polar surface area (TPSA) is 331 Å². The quantitative estimate of drug-likeness (QED) is 0.0113. The highest BCUT2D eigenvalue weighted by Crippen LogP contribution is 2.53. The largest absolute Gasteiger partial charge is 0.408 e. The summed E-state index contributed by atoms with van der Waals surface area (Å²) in [5, 5.41) is 32.3. The number of hydrogen-bond acceptors (Lipinski definition) is 21. The maximum absolute atomic E-state index is 17.0. The van der Waals surface area contributed by atoms with Crippen molar-refractivity contribution in [2.24, 2.45) is 5.92 Å². The number of hydrogen-bond donors (Lipinski definition) is 5. The molecule has 8 aromatic rings. The summed E-state index contributed by atoms with van der Waals surface area (Å²) in [4.78, 5) is 67.4. The minimum Gasteiger partial charge on any atom is -0.408 e. The number of fused-ring (bicyclic) bond motifs is 2. The van der Waals surface area contributed by atoms with E-state index < -0.39 is 121 Å². The molecule has 560 valence electrons. The predicted octanol–water partition coefficient (Wildman–Crippen LogP) is 13.6. The Bertz CT molecular complexity index is 4350. The number of imidazole rings is 2. The van der Waals surface area contributed by atoms with Crippen LogP contribution < -0.4 is 26.6 Å². The molecule has 2 aliphatic rings. The van der Waals surface area contributed by atoms with Crippen LogP contribution in [0.1, 0.15) is 135 Å². The van der Waals surface area contributed by atoms with Crippen molar-refractivity contribution in [1.29, 1.82) is 10.5 Å². The van der Waals surface area contributed by atoms with Crippen LogP contribution in [0.4, 0.5) is 11.8 Å². The number of carbonyl (C=O) groups is 2. The van der Waals surface area contributed by atoms with Crippen molar-refractivity contribution < 1.29 is 50.6 Å². The molecule has 27 nitrogen and oxygen atoms in total. The molecule has 0 saturated carbocycles. The van der Waals surface area contributed by atoms with Gasteiger partial charge in [0.25, 0.3) is 20.0 Å². The highest BCUT2D eigenvalue weighted by atomic mass is 31.2. The molecule has 31 heteroatoms. The van der Waals surface area contributed by atoms with Gasteiger partial charge in [0.1, 0.15) is 30.7 Å². The van der Waals surface area contributed by atoms with Gasteiger partial charge in [-0.1, -0.05) is 165 Å². The first kappa shape index (κ1) is 79.9. The lowest BCUT2D eigenvalue weighted by molar-refractivity contribution is -0.118. The number of ether oxygens (including phenoxy) is 2. The molecule has 0 spiro atoms. The second-order valence-electron chi connectivity index (χ2n) is 30.1. The fourth-order valence-corrected chi connectivity index (χ4v) is 18.1. The molecule has 10 atom stereocenters. The number of rotatable bonds is 32. The van der Waals surface area contributed by atoms with Crippen LogP contribution in [0, 0.1) is 28.6 Å². The summed E-state index contributed by atoms with van der Waals surface area (Å²) in [6, 6.07) is 40.7. The Morgan fingerprint density at radius 2 is 1.14 bits per heavy atom. The Hall–Kier alpha value is -7.65. The molecule has 0 aliphatic carbocycles. The fraction of sp³-hybridized carbons (Fsp3) is 0.486. The second kappa shape index (κ2) is 33.7. The summed E-state index contributed by atoms with van der Waals surface area (Å²) >= 11 is 0. The lowest BCUT2D eigenvalue weighted by atomic mass is 9.76. The summed E-state index contributed by atoms with van der Waals surface area (Å²) in [5.74, 6) is -1.24. The smallest absolute Gasteiger partial charge is 0.406 e. The maximum Gasteiger partial charge on any atom is 0.406 e. The zero-order valence-electron chi connectivity index (χ0n) is 62.6. The molecule has 2 aliphatic heterocycles. The number of anilines is 2. The van der Waals surface area contributed by atoms with Gasteiger partial charge in [0.15, 0.2) is 57.2 Å². The summed E-state index contributed by atoms with van der Waals surface area (Å²) in [6.45, 7) is 31.7. The van der Waals surface area contributed by atoms with Gasteiger partial charge < -0.3 is 32.7 Å². The summed E-state index contributed by atoms with van der Waals surface area (Å²) in [6.07, 6.45) is -2.49. The number of nitrogens with zero attached hydrogens (tertiary/aromatic N) is 10. The molecule has 5 N–H and O–H groups in total. The van der Waals surface area contributed by atoms with E-state index >= 15 is 4.57 Å². The fourth-order valence-electron chi connectivity index (χ4n) is 12.3. The molecule has 0 radical (unpaired) electrons. The van der Waals surface area contributed by atoms with Crippen molar-refractivity contribution in [2.75, 3.05) is 37.1 Å². The van der Waals surface area contributed by atoms with E-state index in [9.17, 15) is 24.9 Å². The van der Waals surface area contributed by atoms with Crippen molar-refractivity contribution in [3.05, 3.63) is 173 Å². The Balaban J connectivity index is 1.15. The number of H-pyrrole nitrogens is 1. The van der Waals surface area contributed by atoms with E-state index in [0.29, 0.717) is 5.56 Å². The van der Waals surface area contributed by atoms with Crippen molar-refractivity contribution in [3.63, 3.8) is 0 Å². The first-order valence-corrected chi connectivity index (χ1v) is 44.0. The molecule has 6 heterocycles. The van der Waals surface area contributed by atoms with Gasteiger partial charge in [-0.2, -0.15) is 15.5 Å². The molecule has 10 rings (SSSR count). The van der Waals surface area contributed by atoms with E-state index in [0.717, 1.165) is 16.7 Å². The van der Waals surface area contributed by atoms with Crippen molar-refractivity contribution in [3.8, 4) is 12.1 Å². The van der Waals surface area contributed by atoms with E-state index in [2.05, 4.69) is 157 Å². The van der Waals surface area contributed by atoms with Gasteiger partial charge in [-0.3, -0.25) is 48.2 Å². The monoisotopic (exact) mass is 1510 g/mol. The molecule has 105 heavy (non-hydrogen) atoms. The molecule has 4 aromatic carbocycles. The Morgan fingerprint density at radius 3 is 1.66 bits per heavy atom. The van der Waals surface area contributed by atoms with Crippen LogP contribution >= 0.6 is 16.3 Å². The van der Waals surface area contributed by atoms with Gasteiger partial charge in [-0.15, -0.1) is 0 Å². The van der Waals surface area contributed by atoms with Gasteiger partial charge in [0, 0.05) is 23.6 Å². The predicted molar refractivity (Wildman–Crippen MR) is 407 cm³/mol. The molecule has 2 amide bonds. The maximum atomic E-state index is 17.0. The van der Waals surface area contributed by atoms with Crippen LogP contribution in [0.2, 0.25) is 36.3 Å². The Morgan fingerprint density at radius 1 is 0.648 bits per heavy atom.